The number of unbranched alkanes of at least 4 members (excludes halogenated alkanes) is 16. The maximum Gasteiger partial charge on any atom is 0.306 e. The summed E-state index contributed by atoms with van der Waals surface area (Å²) in [7, 11) is 0.366. The third-order valence-corrected chi connectivity index (χ3v) is 10.1. The Morgan fingerprint density at radius 2 is 0.829 bits per heavy atom. The molecule has 0 saturated carbocycles. The summed E-state index contributed by atoms with van der Waals surface area (Å²) in [6.45, 7) is 11.0. The molecule has 212 valence electrons. The Hall–Kier alpha value is -0.100. The maximum atomic E-state index is 10.4. The lowest BCUT2D eigenvalue weighted by Gasteiger charge is -2.18. The van der Waals surface area contributed by atoms with Crippen molar-refractivity contribution in [2.24, 2.45) is 5.92 Å². The molecule has 0 aromatic carbocycles. The number of hydrogen-bond donors (Lipinski definition) is 1. The third kappa shape index (κ3) is 30.0. The van der Waals surface area contributed by atoms with Crippen LogP contribution in [0.25, 0.3) is 0 Å². The van der Waals surface area contributed by atoms with Crippen LogP contribution in [0, 0.1) is 5.92 Å². The van der Waals surface area contributed by atoms with E-state index in [0.29, 0.717) is 7.92 Å². The van der Waals surface area contributed by atoms with Gasteiger partial charge in [-0.1, -0.05) is 144 Å². The average molecular weight is 515 g/mol. The summed E-state index contributed by atoms with van der Waals surface area (Å²) in [5.41, 5.74) is 0. The summed E-state index contributed by atoms with van der Waals surface area (Å²) < 4.78 is 0. The molecule has 1 N–H and O–H groups in total. The summed E-state index contributed by atoms with van der Waals surface area (Å²) in [5, 5.41) is 8.60. The van der Waals surface area contributed by atoms with Crippen molar-refractivity contribution in [3.63, 3.8) is 0 Å². The molecule has 1 atom stereocenters. The molecule has 35 heavy (non-hydrogen) atoms. The number of carboxylic acid groups (broad SMARTS) is 1. The summed E-state index contributed by atoms with van der Waals surface area (Å²) in [5.74, 6) is -0.754. The predicted octanol–water partition coefficient (Wildman–Crippen LogP) is 11.8. The topological polar surface area (TPSA) is 37.3 Å². The van der Waals surface area contributed by atoms with Gasteiger partial charge in [-0.3, -0.25) is 4.79 Å². The number of rotatable bonds is 26. The molecule has 0 fully saturated rings. The van der Waals surface area contributed by atoms with Crippen LogP contribution in [0.5, 0.6) is 0 Å². The van der Waals surface area contributed by atoms with E-state index in [2.05, 4.69) is 27.7 Å². The van der Waals surface area contributed by atoms with Gasteiger partial charge >= 0.3 is 5.97 Å². The third-order valence-electron chi connectivity index (χ3n) is 7.23. The van der Waals surface area contributed by atoms with E-state index >= 15 is 0 Å². The van der Waals surface area contributed by atoms with Crippen molar-refractivity contribution < 1.29 is 9.90 Å². The van der Waals surface area contributed by atoms with Crippen molar-refractivity contribution in [3.8, 4) is 0 Å². The van der Waals surface area contributed by atoms with Crippen LogP contribution in [0.15, 0.2) is 0 Å². The highest BCUT2D eigenvalue weighted by Gasteiger charge is 2.13. The second-order valence-corrected chi connectivity index (χ2v) is 13.4. The lowest BCUT2D eigenvalue weighted by Crippen LogP contribution is -2.11. The second-order valence-electron chi connectivity index (χ2n) is 10.7. The number of carbonyl (C=O) groups is 1. The smallest absolute Gasteiger partial charge is 0.306 e. The van der Waals surface area contributed by atoms with Gasteiger partial charge in [0.1, 0.15) is 0 Å². The van der Waals surface area contributed by atoms with E-state index in [9.17, 15) is 4.79 Å². The normalized spacial score (nSPS) is 11.9. The van der Waals surface area contributed by atoms with E-state index in [-0.39, 0.29) is 5.92 Å². The van der Waals surface area contributed by atoms with E-state index in [0.717, 1.165) is 25.7 Å². The van der Waals surface area contributed by atoms with Crippen molar-refractivity contribution in [2.45, 2.75) is 176 Å². The van der Waals surface area contributed by atoms with Crippen molar-refractivity contribution >= 4 is 13.9 Å². The zero-order valence-corrected chi connectivity index (χ0v) is 26.0. The summed E-state index contributed by atoms with van der Waals surface area (Å²) >= 11 is 0. The Labute approximate surface area is 224 Å². The Balaban J connectivity index is 0. The number of carboxylic acids is 1. The van der Waals surface area contributed by atoms with Gasteiger partial charge in [-0.15, -0.1) is 7.92 Å². The molecule has 0 aromatic rings. The van der Waals surface area contributed by atoms with Crippen LogP contribution in [-0.2, 0) is 4.79 Å². The zero-order valence-electron chi connectivity index (χ0n) is 25.1. The minimum absolute atomic E-state index is 0.111. The Kier molecular flexibility index (Phi) is 33.8. The van der Waals surface area contributed by atoms with Gasteiger partial charge in [0.15, 0.2) is 0 Å². The molecular formula is C32H67O2P. The fourth-order valence-electron chi connectivity index (χ4n) is 4.64. The van der Waals surface area contributed by atoms with Crippen molar-refractivity contribution in [1.82, 2.24) is 0 Å². The zero-order chi connectivity index (χ0) is 26.4. The lowest BCUT2D eigenvalue weighted by molar-refractivity contribution is -0.142. The predicted molar refractivity (Wildman–Crippen MR) is 163 cm³/mol. The van der Waals surface area contributed by atoms with E-state index < -0.39 is 5.97 Å². The van der Waals surface area contributed by atoms with Gasteiger partial charge in [0, 0.05) is 0 Å². The van der Waals surface area contributed by atoms with Crippen molar-refractivity contribution in [3.05, 3.63) is 0 Å². The Bertz CT molecular complexity index is 361. The van der Waals surface area contributed by atoms with Crippen LogP contribution in [0.4, 0.5) is 0 Å². The Morgan fingerprint density at radius 1 is 0.514 bits per heavy atom. The largest absolute Gasteiger partial charge is 0.481 e. The van der Waals surface area contributed by atoms with Crippen LogP contribution >= 0.6 is 7.92 Å². The van der Waals surface area contributed by atoms with Gasteiger partial charge in [-0.05, 0) is 50.6 Å². The fourth-order valence-corrected chi connectivity index (χ4v) is 7.32. The van der Waals surface area contributed by atoms with E-state index in [1.165, 1.54) is 116 Å². The van der Waals surface area contributed by atoms with Gasteiger partial charge in [0.05, 0.1) is 5.92 Å². The number of hydrogen-bond acceptors (Lipinski definition) is 1. The molecule has 0 aliphatic carbocycles. The molecule has 1 unspecified atom stereocenters. The molecule has 2 nitrogen and oxygen atoms in total. The van der Waals surface area contributed by atoms with Crippen LogP contribution < -0.4 is 0 Å². The molecule has 0 amide bonds. The maximum absolute atomic E-state index is 10.4. The summed E-state index contributed by atoms with van der Waals surface area (Å²) in [6, 6.07) is 0. The molecule has 0 aromatic heterocycles. The average Bonchev–Trinajstić information content (AvgIpc) is 2.85. The summed E-state index contributed by atoms with van der Waals surface area (Å²) in [6.07, 6.45) is 35.0. The lowest BCUT2D eigenvalue weighted by atomic mass is 10.00. The monoisotopic (exact) mass is 514 g/mol. The molecule has 0 rings (SSSR count). The standard InChI is InChI=1S/C24H51P.C8H16O2/c1-4-7-10-13-16-19-22-25(23-20-17-14-11-8-5-2)24-21-18-15-12-9-6-3;1-3-5-6-7(4-2)8(9)10/h4-24H2,1-3H3;7H,3-6H2,1-2H3,(H,9,10). The molecule has 0 heterocycles. The number of aliphatic carboxylic acids is 1. The molecule has 0 aliphatic rings. The highest BCUT2D eigenvalue weighted by molar-refractivity contribution is 7.57. The fraction of sp³-hybridized carbons (Fsp3) is 0.969. The van der Waals surface area contributed by atoms with Gasteiger partial charge in [0.25, 0.3) is 0 Å². The molecule has 3 heteroatoms. The van der Waals surface area contributed by atoms with Crippen LogP contribution in [0.2, 0.25) is 0 Å². The Morgan fingerprint density at radius 3 is 1.11 bits per heavy atom. The minimum Gasteiger partial charge on any atom is -0.481 e. The van der Waals surface area contributed by atoms with E-state index in [4.69, 9.17) is 5.11 Å². The van der Waals surface area contributed by atoms with Crippen LogP contribution in [0.3, 0.4) is 0 Å². The van der Waals surface area contributed by atoms with Gasteiger partial charge in [-0.2, -0.15) is 0 Å². The first-order valence-corrected chi connectivity index (χ1v) is 17.9. The van der Waals surface area contributed by atoms with Gasteiger partial charge < -0.3 is 5.11 Å². The van der Waals surface area contributed by atoms with Crippen LogP contribution in [0.1, 0.15) is 176 Å². The molecule has 0 saturated heterocycles. The molecule has 0 aliphatic heterocycles. The highest BCUT2D eigenvalue weighted by Crippen LogP contribution is 2.39. The van der Waals surface area contributed by atoms with Crippen LogP contribution in [-0.4, -0.2) is 29.6 Å². The van der Waals surface area contributed by atoms with Crippen molar-refractivity contribution in [2.75, 3.05) is 18.5 Å². The first-order chi connectivity index (χ1) is 17.1. The highest BCUT2D eigenvalue weighted by atomic mass is 31.1. The van der Waals surface area contributed by atoms with E-state index in [1.807, 2.05) is 6.92 Å². The molecule has 0 radical (unpaired) electrons. The first-order valence-electron chi connectivity index (χ1n) is 16.0. The van der Waals surface area contributed by atoms with E-state index in [1.54, 1.807) is 18.5 Å². The molecule has 0 spiro atoms. The van der Waals surface area contributed by atoms with Crippen molar-refractivity contribution in [1.29, 1.82) is 0 Å². The molecule has 0 bridgehead atoms. The summed E-state index contributed by atoms with van der Waals surface area (Å²) in [4.78, 5) is 10.4. The SMILES string of the molecule is CCCCC(CC)C(=O)O.CCCCCCCCP(CCCCCCCC)CCCCCCCC. The minimum atomic E-state index is -0.643. The van der Waals surface area contributed by atoms with Gasteiger partial charge in [-0.25, -0.2) is 0 Å². The second kappa shape index (κ2) is 31.9. The molecular weight excluding hydrogens is 447 g/mol. The first kappa shape index (κ1) is 37.1. The van der Waals surface area contributed by atoms with Gasteiger partial charge in [0.2, 0.25) is 0 Å². The quantitative estimate of drug-likeness (QED) is 0.0920.